The van der Waals surface area contributed by atoms with Gasteiger partial charge in [-0.3, -0.25) is 0 Å². The van der Waals surface area contributed by atoms with Gasteiger partial charge in [-0.25, -0.2) is 4.79 Å². The van der Waals surface area contributed by atoms with E-state index < -0.39 is 5.97 Å². The zero-order chi connectivity index (χ0) is 15.4. The van der Waals surface area contributed by atoms with Gasteiger partial charge in [-0.05, 0) is 43.8 Å². The number of hydrogen-bond acceptors (Lipinski definition) is 7. The summed E-state index contributed by atoms with van der Waals surface area (Å²) in [7, 11) is 0. The van der Waals surface area contributed by atoms with Gasteiger partial charge < -0.3 is 15.4 Å². The first-order valence-electron chi connectivity index (χ1n) is 6.75. The van der Waals surface area contributed by atoms with Gasteiger partial charge in [0.05, 0.1) is 13.2 Å². The third-order valence-corrected chi connectivity index (χ3v) is 4.73. The summed E-state index contributed by atoms with van der Waals surface area (Å²) in [5.41, 5.74) is 6.24. The Kier molecular flexibility index (Phi) is 5.19. The van der Waals surface area contributed by atoms with Gasteiger partial charge in [0.25, 0.3) is 0 Å². The minimum Gasteiger partial charge on any atom is -0.462 e. The normalized spacial score (nSPS) is 10.9. The van der Waals surface area contributed by atoms with Crippen molar-refractivity contribution in [3.63, 3.8) is 0 Å². The number of esters is 1. The van der Waals surface area contributed by atoms with Crippen LogP contribution in [-0.2, 0) is 11.3 Å². The Morgan fingerprint density at radius 2 is 2.29 bits per heavy atom. The second-order valence-electron chi connectivity index (χ2n) is 4.77. The quantitative estimate of drug-likeness (QED) is 0.825. The molecule has 0 saturated carbocycles. The molecule has 5 nitrogen and oxygen atoms in total. The van der Waals surface area contributed by atoms with Gasteiger partial charge in [0.15, 0.2) is 5.82 Å². The lowest BCUT2D eigenvalue weighted by Gasteiger charge is -2.27. The SMILES string of the molecule is CCOC(=O)c1c(N)nsc1N(Cc1cccs1)C(C)C. The van der Waals surface area contributed by atoms with Crippen molar-refractivity contribution >= 4 is 39.7 Å². The highest BCUT2D eigenvalue weighted by molar-refractivity contribution is 7.11. The Bertz CT molecular complexity index is 593. The van der Waals surface area contributed by atoms with E-state index in [0.717, 1.165) is 11.5 Å². The zero-order valence-electron chi connectivity index (χ0n) is 12.3. The van der Waals surface area contributed by atoms with Crippen LogP contribution in [0.5, 0.6) is 0 Å². The number of carbonyl (C=O) groups excluding carboxylic acids is 1. The van der Waals surface area contributed by atoms with E-state index in [4.69, 9.17) is 10.5 Å². The standard InChI is InChI=1S/C14H19N3O2S2/c1-4-19-14(18)11-12(15)16-21-13(11)17(9(2)3)8-10-6-5-7-20-10/h5-7,9H,4,8H2,1-3H3,(H2,15,16). The van der Waals surface area contributed by atoms with E-state index in [1.54, 1.807) is 18.3 Å². The Morgan fingerprint density at radius 3 is 2.86 bits per heavy atom. The van der Waals surface area contributed by atoms with Gasteiger partial charge in [-0.1, -0.05) is 6.07 Å². The number of ether oxygens (including phenoxy) is 1. The van der Waals surface area contributed by atoms with Crippen LogP contribution in [0.25, 0.3) is 0 Å². The first-order valence-corrected chi connectivity index (χ1v) is 8.41. The molecule has 2 aromatic heterocycles. The summed E-state index contributed by atoms with van der Waals surface area (Å²) in [5, 5.41) is 2.82. The highest BCUT2D eigenvalue weighted by Crippen LogP contribution is 2.34. The molecule has 2 heterocycles. The summed E-state index contributed by atoms with van der Waals surface area (Å²) < 4.78 is 9.23. The number of anilines is 2. The maximum Gasteiger partial charge on any atom is 0.345 e. The molecule has 0 saturated heterocycles. The minimum absolute atomic E-state index is 0.222. The van der Waals surface area contributed by atoms with Crippen LogP contribution in [0.15, 0.2) is 17.5 Å². The Morgan fingerprint density at radius 1 is 1.52 bits per heavy atom. The molecule has 0 aromatic carbocycles. The highest BCUT2D eigenvalue weighted by Gasteiger charge is 2.26. The number of nitrogens with two attached hydrogens (primary N) is 1. The number of hydrogen-bond donors (Lipinski definition) is 1. The molecular formula is C14H19N3O2S2. The van der Waals surface area contributed by atoms with Gasteiger partial charge in [-0.2, -0.15) is 4.37 Å². The van der Waals surface area contributed by atoms with E-state index >= 15 is 0 Å². The van der Waals surface area contributed by atoms with Crippen LogP contribution < -0.4 is 10.6 Å². The number of nitrogens with zero attached hydrogens (tertiary/aromatic N) is 2. The fourth-order valence-electron chi connectivity index (χ4n) is 1.94. The minimum atomic E-state index is -0.407. The van der Waals surface area contributed by atoms with Crippen molar-refractivity contribution in [1.29, 1.82) is 0 Å². The molecule has 0 aliphatic rings. The fraction of sp³-hybridized carbons (Fsp3) is 0.429. The summed E-state index contributed by atoms with van der Waals surface area (Å²) in [4.78, 5) is 15.5. The van der Waals surface area contributed by atoms with Crippen molar-refractivity contribution in [2.24, 2.45) is 0 Å². The van der Waals surface area contributed by atoms with Crippen molar-refractivity contribution in [2.75, 3.05) is 17.2 Å². The van der Waals surface area contributed by atoms with Crippen molar-refractivity contribution in [1.82, 2.24) is 4.37 Å². The molecule has 114 valence electrons. The second kappa shape index (κ2) is 6.91. The molecule has 0 bridgehead atoms. The molecule has 7 heteroatoms. The Balaban J connectivity index is 2.34. The number of aromatic nitrogens is 1. The Labute approximate surface area is 132 Å². The number of carbonyl (C=O) groups is 1. The maximum absolute atomic E-state index is 12.1. The predicted molar refractivity (Wildman–Crippen MR) is 88.1 cm³/mol. The fourth-order valence-corrected chi connectivity index (χ4v) is 3.58. The Hall–Kier alpha value is -1.60. The molecule has 0 unspecified atom stereocenters. The first-order chi connectivity index (χ1) is 10.0. The van der Waals surface area contributed by atoms with E-state index in [2.05, 4.69) is 29.2 Å². The van der Waals surface area contributed by atoms with Gasteiger partial charge >= 0.3 is 5.97 Å². The van der Waals surface area contributed by atoms with Crippen LogP contribution in [0, 0.1) is 0 Å². The number of nitrogen functional groups attached to an aromatic ring is 1. The van der Waals surface area contributed by atoms with Crippen LogP contribution >= 0.6 is 22.9 Å². The van der Waals surface area contributed by atoms with Crippen molar-refractivity contribution < 1.29 is 9.53 Å². The van der Waals surface area contributed by atoms with E-state index in [9.17, 15) is 4.79 Å². The molecule has 2 rings (SSSR count). The van der Waals surface area contributed by atoms with Crippen LogP contribution in [0.2, 0.25) is 0 Å². The van der Waals surface area contributed by atoms with Crippen molar-refractivity contribution in [3.8, 4) is 0 Å². The monoisotopic (exact) mass is 325 g/mol. The van der Waals surface area contributed by atoms with Gasteiger partial charge in [0, 0.05) is 10.9 Å². The van der Waals surface area contributed by atoms with E-state index in [1.807, 2.05) is 11.4 Å². The van der Waals surface area contributed by atoms with Gasteiger partial charge in [-0.15, -0.1) is 11.3 Å². The van der Waals surface area contributed by atoms with Crippen molar-refractivity contribution in [3.05, 3.63) is 28.0 Å². The first kappa shape index (κ1) is 15.8. The number of rotatable bonds is 6. The lowest BCUT2D eigenvalue weighted by molar-refractivity contribution is 0.0528. The van der Waals surface area contributed by atoms with E-state index in [1.165, 1.54) is 16.4 Å². The lowest BCUT2D eigenvalue weighted by atomic mass is 10.2. The molecule has 0 atom stereocenters. The molecule has 0 fully saturated rings. The van der Waals surface area contributed by atoms with Gasteiger partial charge in [0.2, 0.25) is 0 Å². The van der Waals surface area contributed by atoms with Crippen LogP contribution in [0.1, 0.15) is 36.0 Å². The van der Waals surface area contributed by atoms with E-state index in [0.29, 0.717) is 12.2 Å². The average Bonchev–Trinajstić information content (AvgIpc) is 3.05. The topological polar surface area (TPSA) is 68.5 Å². The molecule has 0 aliphatic carbocycles. The summed E-state index contributed by atoms with van der Waals surface area (Å²) in [6.45, 7) is 6.99. The van der Waals surface area contributed by atoms with E-state index in [-0.39, 0.29) is 11.9 Å². The third kappa shape index (κ3) is 3.54. The second-order valence-corrected chi connectivity index (χ2v) is 6.55. The van der Waals surface area contributed by atoms with Crippen LogP contribution in [0.3, 0.4) is 0 Å². The van der Waals surface area contributed by atoms with Crippen molar-refractivity contribution in [2.45, 2.75) is 33.4 Å². The maximum atomic E-state index is 12.1. The largest absolute Gasteiger partial charge is 0.462 e. The summed E-state index contributed by atoms with van der Waals surface area (Å²) in [5.74, 6) is -0.166. The number of thiophene rings is 1. The third-order valence-electron chi connectivity index (χ3n) is 2.97. The summed E-state index contributed by atoms with van der Waals surface area (Å²) >= 11 is 2.93. The smallest absolute Gasteiger partial charge is 0.345 e. The molecule has 21 heavy (non-hydrogen) atoms. The average molecular weight is 325 g/mol. The van der Waals surface area contributed by atoms with Crippen LogP contribution in [-0.4, -0.2) is 23.0 Å². The molecule has 0 aliphatic heterocycles. The highest BCUT2D eigenvalue weighted by atomic mass is 32.1. The molecule has 2 aromatic rings. The predicted octanol–water partition coefficient (Wildman–Crippen LogP) is 3.38. The summed E-state index contributed by atoms with van der Waals surface area (Å²) in [6, 6.07) is 4.32. The summed E-state index contributed by atoms with van der Waals surface area (Å²) in [6.07, 6.45) is 0. The molecule has 0 spiro atoms. The molecule has 0 radical (unpaired) electrons. The molecule has 0 amide bonds. The molecular weight excluding hydrogens is 306 g/mol. The lowest BCUT2D eigenvalue weighted by Crippen LogP contribution is -2.30. The van der Waals surface area contributed by atoms with Crippen LogP contribution in [0.4, 0.5) is 10.8 Å². The molecule has 2 N–H and O–H groups in total. The zero-order valence-corrected chi connectivity index (χ0v) is 14.0. The van der Waals surface area contributed by atoms with Gasteiger partial charge in [0.1, 0.15) is 10.6 Å².